The number of benzene rings is 1. The van der Waals surface area contributed by atoms with E-state index >= 15 is 0 Å². The van der Waals surface area contributed by atoms with Crippen LogP contribution in [0.4, 0.5) is 0 Å². The van der Waals surface area contributed by atoms with Gasteiger partial charge in [0, 0.05) is 4.47 Å². The van der Waals surface area contributed by atoms with Gasteiger partial charge in [-0.1, -0.05) is 13.3 Å². The molecule has 0 aliphatic rings. The van der Waals surface area contributed by atoms with Crippen molar-refractivity contribution in [1.29, 1.82) is 0 Å². The van der Waals surface area contributed by atoms with Gasteiger partial charge in [0.15, 0.2) is 0 Å². The summed E-state index contributed by atoms with van der Waals surface area (Å²) in [7, 11) is 0. The molecule has 0 aliphatic heterocycles. The minimum Gasteiger partial charge on any atom is -0.306 e. The molecule has 0 spiro atoms. The van der Waals surface area contributed by atoms with Crippen molar-refractivity contribution < 1.29 is 0 Å². The Kier molecular flexibility index (Phi) is 2.95. The summed E-state index contributed by atoms with van der Waals surface area (Å²) in [5.74, 6) is 0. The molecule has 0 radical (unpaired) electrons. The van der Waals surface area contributed by atoms with Gasteiger partial charge >= 0.3 is 5.69 Å². The lowest BCUT2D eigenvalue weighted by molar-refractivity contribution is 0.795. The lowest BCUT2D eigenvalue weighted by Gasteiger charge is -2.01. The molecule has 0 amide bonds. The lowest BCUT2D eigenvalue weighted by atomic mass is 10.1. The zero-order chi connectivity index (χ0) is 10.8. The number of nitrogens with one attached hydrogen (secondary N) is 2. The third kappa shape index (κ3) is 2.15. The Balaban J connectivity index is 2.47. The van der Waals surface area contributed by atoms with Crippen molar-refractivity contribution in [3.8, 4) is 0 Å². The van der Waals surface area contributed by atoms with E-state index in [1.54, 1.807) is 0 Å². The summed E-state index contributed by atoms with van der Waals surface area (Å²) in [5, 5.41) is 0. The molecule has 15 heavy (non-hydrogen) atoms. The smallest absolute Gasteiger partial charge is 0.306 e. The van der Waals surface area contributed by atoms with Gasteiger partial charge < -0.3 is 9.97 Å². The highest BCUT2D eigenvalue weighted by Gasteiger charge is 2.04. The van der Waals surface area contributed by atoms with Gasteiger partial charge in [-0.05, 0) is 46.5 Å². The minimum atomic E-state index is -0.154. The fourth-order valence-corrected chi connectivity index (χ4v) is 2.29. The average Bonchev–Trinajstić information content (AvgIpc) is 2.56. The van der Waals surface area contributed by atoms with Crippen LogP contribution in [0.1, 0.15) is 25.3 Å². The summed E-state index contributed by atoms with van der Waals surface area (Å²) in [4.78, 5) is 16.7. The minimum absolute atomic E-state index is 0.154. The average molecular weight is 269 g/mol. The van der Waals surface area contributed by atoms with Gasteiger partial charge in [0.05, 0.1) is 11.0 Å². The molecular weight excluding hydrogens is 256 g/mol. The normalized spacial score (nSPS) is 11.1. The first-order valence-electron chi connectivity index (χ1n) is 5.11. The van der Waals surface area contributed by atoms with E-state index in [1.165, 1.54) is 18.4 Å². The Hall–Kier alpha value is -1.03. The van der Waals surface area contributed by atoms with Crippen molar-refractivity contribution >= 4 is 27.0 Å². The highest BCUT2D eigenvalue weighted by atomic mass is 79.9. The van der Waals surface area contributed by atoms with Crippen molar-refractivity contribution in [3.63, 3.8) is 0 Å². The largest absolute Gasteiger partial charge is 0.323 e. The van der Waals surface area contributed by atoms with E-state index in [2.05, 4.69) is 38.9 Å². The van der Waals surface area contributed by atoms with Crippen LogP contribution in [-0.4, -0.2) is 9.97 Å². The van der Waals surface area contributed by atoms with Gasteiger partial charge in [0.25, 0.3) is 0 Å². The molecule has 1 aromatic heterocycles. The maximum Gasteiger partial charge on any atom is 0.323 e. The first-order valence-corrected chi connectivity index (χ1v) is 5.90. The monoisotopic (exact) mass is 268 g/mol. The summed E-state index contributed by atoms with van der Waals surface area (Å²) in [6.45, 7) is 2.17. The van der Waals surface area contributed by atoms with Crippen molar-refractivity contribution in [3.05, 3.63) is 32.7 Å². The molecule has 0 aliphatic carbocycles. The molecule has 2 aromatic rings. The van der Waals surface area contributed by atoms with E-state index in [4.69, 9.17) is 0 Å². The van der Waals surface area contributed by atoms with Crippen molar-refractivity contribution in [1.82, 2.24) is 9.97 Å². The van der Waals surface area contributed by atoms with Crippen LogP contribution in [0.3, 0.4) is 0 Å². The standard InChI is InChI=1S/C11H13BrN2O/c1-2-3-4-7-5-8(12)10-9(6-7)13-11(15)14-10/h5-6H,2-4H2,1H3,(H2,13,14,15). The van der Waals surface area contributed by atoms with Gasteiger partial charge in [-0.2, -0.15) is 0 Å². The van der Waals surface area contributed by atoms with Crippen LogP contribution in [-0.2, 0) is 6.42 Å². The summed E-state index contributed by atoms with van der Waals surface area (Å²) in [6, 6.07) is 4.11. The number of hydrogen-bond acceptors (Lipinski definition) is 1. The molecule has 3 nitrogen and oxygen atoms in total. The molecule has 2 rings (SSSR count). The third-order valence-electron chi connectivity index (χ3n) is 2.46. The van der Waals surface area contributed by atoms with Crippen molar-refractivity contribution in [2.24, 2.45) is 0 Å². The molecule has 0 bridgehead atoms. The highest BCUT2D eigenvalue weighted by molar-refractivity contribution is 9.10. The van der Waals surface area contributed by atoms with Gasteiger partial charge in [-0.15, -0.1) is 0 Å². The van der Waals surface area contributed by atoms with Gasteiger partial charge in [-0.3, -0.25) is 0 Å². The van der Waals surface area contributed by atoms with Crippen LogP contribution in [0.25, 0.3) is 11.0 Å². The van der Waals surface area contributed by atoms with E-state index in [1.807, 2.05) is 6.07 Å². The summed E-state index contributed by atoms with van der Waals surface area (Å²) in [6.07, 6.45) is 3.41. The van der Waals surface area contributed by atoms with E-state index in [0.717, 1.165) is 21.9 Å². The van der Waals surface area contributed by atoms with Gasteiger partial charge in [0.1, 0.15) is 0 Å². The molecule has 80 valence electrons. The third-order valence-corrected chi connectivity index (χ3v) is 3.08. The molecule has 0 saturated heterocycles. The molecule has 1 heterocycles. The molecular formula is C11H13BrN2O. The predicted molar refractivity (Wildman–Crippen MR) is 65.2 cm³/mol. The molecule has 0 unspecified atom stereocenters. The first kappa shape index (κ1) is 10.5. The van der Waals surface area contributed by atoms with Crippen LogP contribution >= 0.6 is 15.9 Å². The number of halogens is 1. The van der Waals surface area contributed by atoms with Gasteiger partial charge in [0.2, 0.25) is 0 Å². The van der Waals surface area contributed by atoms with E-state index in [9.17, 15) is 4.79 Å². The Morgan fingerprint density at radius 2 is 2.13 bits per heavy atom. The molecule has 1 aromatic carbocycles. The lowest BCUT2D eigenvalue weighted by Crippen LogP contribution is -1.99. The Bertz CT molecular complexity index is 527. The first-order chi connectivity index (χ1) is 7.20. The van der Waals surface area contributed by atoms with Crippen molar-refractivity contribution in [2.45, 2.75) is 26.2 Å². The molecule has 4 heteroatoms. The van der Waals surface area contributed by atoms with Crippen LogP contribution in [0.5, 0.6) is 0 Å². The van der Waals surface area contributed by atoms with Crippen LogP contribution in [0, 0.1) is 0 Å². The number of aromatic nitrogens is 2. The Morgan fingerprint density at radius 3 is 2.87 bits per heavy atom. The Labute approximate surface area is 96.0 Å². The van der Waals surface area contributed by atoms with E-state index in [0.29, 0.717) is 0 Å². The Morgan fingerprint density at radius 1 is 1.33 bits per heavy atom. The summed E-state index contributed by atoms with van der Waals surface area (Å²) < 4.78 is 0.949. The highest BCUT2D eigenvalue weighted by Crippen LogP contribution is 2.22. The quantitative estimate of drug-likeness (QED) is 0.884. The van der Waals surface area contributed by atoms with Crippen LogP contribution in [0.15, 0.2) is 21.4 Å². The SMILES string of the molecule is CCCCc1cc(Br)c2[nH]c(=O)[nH]c2c1. The van der Waals surface area contributed by atoms with E-state index in [-0.39, 0.29) is 5.69 Å². The second-order valence-corrected chi connectivity index (χ2v) is 4.54. The number of rotatable bonds is 3. The number of unbranched alkanes of at least 4 members (excludes halogenated alkanes) is 1. The molecule has 2 N–H and O–H groups in total. The molecule has 0 fully saturated rings. The summed E-state index contributed by atoms with van der Waals surface area (Å²) in [5.41, 5.74) is 2.82. The van der Waals surface area contributed by atoms with Crippen molar-refractivity contribution in [2.75, 3.05) is 0 Å². The number of fused-ring (bicyclic) bond motifs is 1. The predicted octanol–water partition coefficient (Wildman–Crippen LogP) is 2.96. The second-order valence-electron chi connectivity index (χ2n) is 3.68. The van der Waals surface area contributed by atoms with Crippen LogP contribution in [0.2, 0.25) is 0 Å². The number of imidazole rings is 1. The fraction of sp³-hybridized carbons (Fsp3) is 0.364. The zero-order valence-electron chi connectivity index (χ0n) is 8.56. The number of hydrogen-bond donors (Lipinski definition) is 2. The second kappa shape index (κ2) is 4.23. The summed E-state index contributed by atoms with van der Waals surface area (Å²) >= 11 is 3.46. The number of aromatic amines is 2. The fourth-order valence-electron chi connectivity index (χ4n) is 1.68. The topological polar surface area (TPSA) is 48.6 Å². The van der Waals surface area contributed by atoms with E-state index < -0.39 is 0 Å². The molecule has 0 atom stereocenters. The maximum absolute atomic E-state index is 11.1. The zero-order valence-corrected chi connectivity index (χ0v) is 10.1. The molecule has 0 saturated carbocycles. The number of H-pyrrole nitrogens is 2. The van der Waals surface area contributed by atoms with Gasteiger partial charge in [-0.25, -0.2) is 4.79 Å². The number of aryl methyl sites for hydroxylation is 1. The van der Waals surface area contributed by atoms with Crippen LogP contribution < -0.4 is 5.69 Å². The maximum atomic E-state index is 11.1.